The van der Waals surface area contributed by atoms with Crippen LogP contribution in [0.15, 0.2) is 30.6 Å². The van der Waals surface area contributed by atoms with Gasteiger partial charge in [-0.15, -0.1) is 0 Å². The van der Waals surface area contributed by atoms with E-state index in [9.17, 15) is 4.79 Å². The molecule has 0 radical (unpaired) electrons. The number of aryl methyl sites for hydroxylation is 1. The molecule has 0 amide bonds. The normalized spacial score (nSPS) is 10.4. The summed E-state index contributed by atoms with van der Waals surface area (Å²) in [4.78, 5) is 16.4. The topological polar surface area (TPSA) is 70.1 Å². The third-order valence-corrected chi connectivity index (χ3v) is 2.83. The number of nitrogens with two attached hydrogens (primary N) is 1. The Morgan fingerprint density at radius 1 is 1.42 bits per heavy atom. The highest BCUT2D eigenvalue weighted by Gasteiger charge is 2.15. The van der Waals surface area contributed by atoms with Crippen molar-refractivity contribution in [1.29, 1.82) is 0 Å². The van der Waals surface area contributed by atoms with Crippen molar-refractivity contribution >= 4 is 11.5 Å². The van der Waals surface area contributed by atoms with Crippen molar-refractivity contribution in [3.63, 3.8) is 0 Å². The first kappa shape index (κ1) is 13.1. The van der Waals surface area contributed by atoms with Gasteiger partial charge in [-0.3, -0.25) is 4.79 Å². The molecule has 2 rings (SSSR count). The van der Waals surface area contributed by atoms with Gasteiger partial charge < -0.3 is 15.0 Å². The fourth-order valence-electron chi connectivity index (χ4n) is 1.88. The highest BCUT2D eigenvalue weighted by Crippen LogP contribution is 2.23. The Morgan fingerprint density at radius 2 is 2.21 bits per heavy atom. The van der Waals surface area contributed by atoms with Crippen molar-refractivity contribution in [3.05, 3.63) is 42.0 Å². The van der Waals surface area contributed by atoms with Gasteiger partial charge in [0, 0.05) is 24.5 Å². The molecule has 0 aliphatic heterocycles. The third kappa shape index (κ3) is 2.59. The number of carbonyl (C=O) groups excluding carboxylic acids is 1. The van der Waals surface area contributed by atoms with Crippen LogP contribution < -0.4 is 10.5 Å². The second-order valence-electron chi connectivity index (χ2n) is 4.05. The van der Waals surface area contributed by atoms with Crippen LogP contribution in [0.5, 0.6) is 5.75 Å². The minimum atomic E-state index is -0.137. The average Bonchev–Trinajstić information content (AvgIpc) is 2.88. The van der Waals surface area contributed by atoms with E-state index in [1.54, 1.807) is 35.2 Å². The summed E-state index contributed by atoms with van der Waals surface area (Å²) in [5.41, 5.74) is 6.84. The van der Waals surface area contributed by atoms with Crippen molar-refractivity contribution in [1.82, 2.24) is 9.55 Å². The quantitative estimate of drug-likeness (QED) is 0.659. The van der Waals surface area contributed by atoms with Crippen molar-refractivity contribution in [2.45, 2.75) is 20.4 Å². The first-order valence-electron chi connectivity index (χ1n) is 6.25. The number of rotatable bonds is 5. The fourth-order valence-corrected chi connectivity index (χ4v) is 1.88. The summed E-state index contributed by atoms with van der Waals surface area (Å²) in [6, 6.07) is 5.05. The van der Waals surface area contributed by atoms with Gasteiger partial charge in [0.2, 0.25) is 5.78 Å². The number of imidazole rings is 1. The summed E-state index contributed by atoms with van der Waals surface area (Å²) in [5.74, 6) is 0.880. The van der Waals surface area contributed by atoms with E-state index in [0.717, 1.165) is 0 Å². The van der Waals surface area contributed by atoms with Crippen molar-refractivity contribution < 1.29 is 9.53 Å². The lowest BCUT2D eigenvalue weighted by Gasteiger charge is -2.08. The summed E-state index contributed by atoms with van der Waals surface area (Å²) in [6.07, 6.45) is 3.40. The number of hydrogen-bond donors (Lipinski definition) is 1. The molecule has 1 aromatic carbocycles. The molecule has 0 saturated heterocycles. The molecule has 0 aliphatic carbocycles. The van der Waals surface area contributed by atoms with Gasteiger partial charge in [0.25, 0.3) is 0 Å². The highest BCUT2D eigenvalue weighted by atomic mass is 16.5. The summed E-state index contributed by atoms with van der Waals surface area (Å²) in [7, 11) is 0. The van der Waals surface area contributed by atoms with E-state index in [4.69, 9.17) is 10.5 Å². The zero-order valence-corrected chi connectivity index (χ0v) is 11.1. The molecule has 1 heterocycles. The zero-order valence-electron chi connectivity index (χ0n) is 11.1. The number of nitrogen functional groups attached to an aromatic ring is 1. The number of ether oxygens (including phenoxy) is 1. The lowest BCUT2D eigenvalue weighted by atomic mass is 10.1. The number of carbonyl (C=O) groups is 1. The van der Waals surface area contributed by atoms with Gasteiger partial charge in [-0.2, -0.15) is 0 Å². The number of aromatic nitrogens is 2. The maximum atomic E-state index is 12.3. The van der Waals surface area contributed by atoms with Gasteiger partial charge in [0.1, 0.15) is 5.75 Å². The number of ketones is 1. The van der Waals surface area contributed by atoms with Crippen LogP contribution in [0.3, 0.4) is 0 Å². The van der Waals surface area contributed by atoms with Gasteiger partial charge in [-0.1, -0.05) is 0 Å². The molecule has 0 saturated carbocycles. The molecule has 5 nitrogen and oxygen atoms in total. The number of benzene rings is 1. The number of hydrogen-bond acceptors (Lipinski definition) is 4. The number of anilines is 1. The maximum Gasteiger partial charge on any atom is 0.228 e. The molecule has 2 aromatic rings. The van der Waals surface area contributed by atoms with Crippen LogP contribution in [0.1, 0.15) is 30.0 Å². The van der Waals surface area contributed by atoms with E-state index in [-0.39, 0.29) is 5.78 Å². The molecule has 0 unspecified atom stereocenters. The smallest absolute Gasteiger partial charge is 0.228 e. The summed E-state index contributed by atoms with van der Waals surface area (Å²) in [6.45, 7) is 5.09. The van der Waals surface area contributed by atoms with E-state index in [0.29, 0.717) is 36.0 Å². The summed E-state index contributed by atoms with van der Waals surface area (Å²) in [5, 5.41) is 0. The predicted molar refractivity (Wildman–Crippen MR) is 73.4 cm³/mol. The molecule has 19 heavy (non-hydrogen) atoms. The van der Waals surface area contributed by atoms with Crippen LogP contribution in [-0.2, 0) is 6.54 Å². The zero-order chi connectivity index (χ0) is 13.8. The Balaban J connectivity index is 2.32. The Hall–Kier alpha value is -2.30. The Kier molecular flexibility index (Phi) is 3.85. The van der Waals surface area contributed by atoms with Crippen LogP contribution >= 0.6 is 0 Å². The first-order valence-corrected chi connectivity index (χ1v) is 6.25. The first-order chi connectivity index (χ1) is 9.17. The summed E-state index contributed by atoms with van der Waals surface area (Å²) < 4.78 is 7.15. The second kappa shape index (κ2) is 5.56. The standard InChI is InChI=1S/C14H17N3O2/c1-3-17-8-7-16-14(17)13(18)10-5-6-12(19-4-2)11(15)9-10/h5-9H,3-4,15H2,1-2H3. The second-order valence-corrected chi connectivity index (χ2v) is 4.05. The Morgan fingerprint density at radius 3 is 2.84 bits per heavy atom. The van der Waals surface area contributed by atoms with Crippen LogP contribution in [0.2, 0.25) is 0 Å². The van der Waals surface area contributed by atoms with Crippen molar-refractivity contribution in [3.8, 4) is 5.75 Å². The lowest BCUT2D eigenvalue weighted by molar-refractivity contribution is 0.102. The van der Waals surface area contributed by atoms with Gasteiger partial charge in [-0.05, 0) is 32.0 Å². The minimum Gasteiger partial charge on any atom is -0.492 e. The molecule has 1 aromatic heterocycles. The molecule has 0 bridgehead atoms. The van der Waals surface area contributed by atoms with Gasteiger partial charge >= 0.3 is 0 Å². The molecular formula is C14H17N3O2. The highest BCUT2D eigenvalue weighted by molar-refractivity contribution is 6.07. The van der Waals surface area contributed by atoms with E-state index in [2.05, 4.69) is 4.98 Å². The Bertz CT molecular complexity index is 590. The third-order valence-electron chi connectivity index (χ3n) is 2.83. The van der Waals surface area contributed by atoms with E-state index in [1.165, 1.54) is 0 Å². The van der Waals surface area contributed by atoms with E-state index < -0.39 is 0 Å². The molecular weight excluding hydrogens is 242 g/mol. The fraction of sp³-hybridized carbons (Fsp3) is 0.286. The van der Waals surface area contributed by atoms with Crippen LogP contribution in [0.4, 0.5) is 5.69 Å². The van der Waals surface area contributed by atoms with Crippen LogP contribution in [0, 0.1) is 0 Å². The van der Waals surface area contributed by atoms with E-state index >= 15 is 0 Å². The van der Waals surface area contributed by atoms with Crippen LogP contribution in [-0.4, -0.2) is 21.9 Å². The van der Waals surface area contributed by atoms with Gasteiger partial charge in [0.15, 0.2) is 5.82 Å². The molecule has 0 fully saturated rings. The largest absolute Gasteiger partial charge is 0.492 e. The molecule has 0 aliphatic rings. The molecule has 5 heteroatoms. The monoisotopic (exact) mass is 259 g/mol. The van der Waals surface area contributed by atoms with Gasteiger partial charge in [-0.25, -0.2) is 4.98 Å². The average molecular weight is 259 g/mol. The molecule has 0 spiro atoms. The molecule has 100 valence electrons. The SMILES string of the molecule is CCOc1ccc(C(=O)c2nccn2CC)cc1N. The van der Waals surface area contributed by atoms with Gasteiger partial charge in [0.05, 0.1) is 12.3 Å². The maximum absolute atomic E-state index is 12.3. The minimum absolute atomic E-state index is 0.137. The lowest BCUT2D eigenvalue weighted by Crippen LogP contribution is -2.11. The van der Waals surface area contributed by atoms with Crippen LogP contribution in [0.25, 0.3) is 0 Å². The predicted octanol–water partition coefficient (Wildman–Crippen LogP) is 2.11. The molecule has 2 N–H and O–H groups in total. The van der Waals surface area contributed by atoms with Crippen molar-refractivity contribution in [2.24, 2.45) is 0 Å². The molecule has 0 atom stereocenters. The Labute approximate surface area is 112 Å². The van der Waals surface area contributed by atoms with E-state index in [1.807, 2.05) is 13.8 Å². The number of nitrogens with zero attached hydrogens (tertiary/aromatic N) is 2. The van der Waals surface area contributed by atoms with Crippen molar-refractivity contribution in [2.75, 3.05) is 12.3 Å². The summed E-state index contributed by atoms with van der Waals surface area (Å²) >= 11 is 0.